The van der Waals surface area contributed by atoms with Gasteiger partial charge in [0, 0.05) is 29.6 Å². The van der Waals surface area contributed by atoms with E-state index in [0.717, 1.165) is 35.5 Å². The standard InChI is InChI=1S/C16H16ClN3O2/c1-22-15-11(9-13(18)21)12-6-2-3-8-20(12)14(15)10-5-4-7-19-16(10)17/h2,4-7H,3,8-9H2,1H3,(H2,18,21). The van der Waals surface area contributed by atoms with E-state index in [9.17, 15) is 4.79 Å². The van der Waals surface area contributed by atoms with E-state index in [4.69, 9.17) is 22.1 Å². The van der Waals surface area contributed by atoms with Crippen molar-refractivity contribution in [3.8, 4) is 17.0 Å². The number of pyridine rings is 1. The molecule has 2 aromatic heterocycles. The Morgan fingerprint density at radius 3 is 3.05 bits per heavy atom. The summed E-state index contributed by atoms with van der Waals surface area (Å²) in [6.45, 7) is 0.793. The molecule has 0 radical (unpaired) electrons. The molecule has 1 amide bonds. The maximum absolute atomic E-state index is 11.4. The molecule has 2 N–H and O–H groups in total. The number of ether oxygens (including phenoxy) is 1. The molecule has 2 aromatic rings. The largest absolute Gasteiger partial charge is 0.494 e. The number of methoxy groups -OCH3 is 1. The molecule has 3 rings (SSSR count). The second-order valence-electron chi connectivity index (χ2n) is 5.07. The Balaban J connectivity index is 2.30. The first-order valence-electron chi connectivity index (χ1n) is 6.98. The van der Waals surface area contributed by atoms with Gasteiger partial charge in [-0.3, -0.25) is 4.79 Å². The molecule has 3 heterocycles. The van der Waals surface area contributed by atoms with Gasteiger partial charge in [0.2, 0.25) is 5.91 Å². The van der Waals surface area contributed by atoms with Gasteiger partial charge in [0.25, 0.3) is 0 Å². The Kier molecular flexibility index (Phi) is 3.90. The SMILES string of the molecule is COc1c(CC(N)=O)c2n(c1-c1cccnc1Cl)CCC=C2. The summed E-state index contributed by atoms with van der Waals surface area (Å²) in [5.41, 5.74) is 8.76. The Morgan fingerprint density at radius 2 is 2.36 bits per heavy atom. The fourth-order valence-electron chi connectivity index (χ4n) is 2.88. The number of carbonyl (C=O) groups is 1. The van der Waals surface area contributed by atoms with E-state index in [1.807, 2.05) is 18.2 Å². The number of carbonyl (C=O) groups excluding carboxylic acids is 1. The van der Waals surface area contributed by atoms with Crippen LogP contribution in [0, 0.1) is 0 Å². The first-order chi connectivity index (χ1) is 10.6. The number of nitrogens with zero attached hydrogens (tertiary/aromatic N) is 2. The summed E-state index contributed by atoms with van der Waals surface area (Å²) in [6, 6.07) is 3.72. The lowest BCUT2D eigenvalue weighted by atomic mass is 10.1. The van der Waals surface area contributed by atoms with Crippen LogP contribution in [0.3, 0.4) is 0 Å². The fraction of sp³-hybridized carbons (Fsp3) is 0.250. The zero-order valence-electron chi connectivity index (χ0n) is 12.2. The third-order valence-corrected chi connectivity index (χ3v) is 4.02. The maximum atomic E-state index is 11.4. The Hall–Kier alpha value is -2.27. The van der Waals surface area contributed by atoms with Crippen LogP contribution in [0.25, 0.3) is 17.3 Å². The normalized spacial score (nSPS) is 13.0. The molecule has 0 fully saturated rings. The number of aromatic nitrogens is 2. The molecule has 22 heavy (non-hydrogen) atoms. The van der Waals surface area contributed by atoms with Crippen LogP contribution in [0.15, 0.2) is 24.4 Å². The average molecular weight is 318 g/mol. The Morgan fingerprint density at radius 1 is 1.55 bits per heavy atom. The van der Waals surface area contributed by atoms with E-state index < -0.39 is 5.91 Å². The summed E-state index contributed by atoms with van der Waals surface area (Å²) in [4.78, 5) is 15.6. The van der Waals surface area contributed by atoms with Crippen LogP contribution in [0.5, 0.6) is 5.75 Å². The van der Waals surface area contributed by atoms with Gasteiger partial charge in [-0.05, 0) is 24.6 Å². The highest BCUT2D eigenvalue weighted by molar-refractivity contribution is 6.32. The van der Waals surface area contributed by atoms with Gasteiger partial charge < -0.3 is 15.0 Å². The smallest absolute Gasteiger partial charge is 0.222 e. The number of hydrogen-bond acceptors (Lipinski definition) is 3. The van der Waals surface area contributed by atoms with Crippen molar-refractivity contribution < 1.29 is 9.53 Å². The van der Waals surface area contributed by atoms with Gasteiger partial charge in [-0.25, -0.2) is 4.98 Å². The van der Waals surface area contributed by atoms with Gasteiger partial charge in [0.15, 0.2) is 0 Å². The Labute approximate surface area is 133 Å². The summed E-state index contributed by atoms with van der Waals surface area (Å²) in [6.07, 6.45) is 6.75. The molecule has 5 nitrogen and oxygen atoms in total. The highest BCUT2D eigenvalue weighted by Crippen LogP contribution is 2.42. The molecule has 0 aromatic carbocycles. The van der Waals surface area contributed by atoms with Crippen LogP contribution >= 0.6 is 11.6 Å². The van der Waals surface area contributed by atoms with E-state index in [2.05, 4.69) is 15.6 Å². The molecule has 0 spiro atoms. The van der Waals surface area contributed by atoms with E-state index >= 15 is 0 Å². The van der Waals surface area contributed by atoms with Crippen LogP contribution in [0.4, 0.5) is 0 Å². The predicted molar refractivity (Wildman–Crippen MR) is 85.8 cm³/mol. The van der Waals surface area contributed by atoms with Gasteiger partial charge in [-0.15, -0.1) is 0 Å². The summed E-state index contributed by atoms with van der Waals surface area (Å²) >= 11 is 6.26. The molecule has 0 atom stereocenters. The summed E-state index contributed by atoms with van der Waals surface area (Å²) in [5, 5.41) is 0.404. The maximum Gasteiger partial charge on any atom is 0.222 e. The minimum Gasteiger partial charge on any atom is -0.494 e. The minimum absolute atomic E-state index is 0.126. The zero-order chi connectivity index (χ0) is 15.7. The van der Waals surface area contributed by atoms with Crippen LogP contribution in [0.2, 0.25) is 5.15 Å². The molecule has 1 aliphatic heterocycles. The summed E-state index contributed by atoms with van der Waals surface area (Å²) in [5.74, 6) is 0.241. The van der Waals surface area contributed by atoms with Crippen molar-refractivity contribution in [3.63, 3.8) is 0 Å². The van der Waals surface area contributed by atoms with Gasteiger partial charge in [0.1, 0.15) is 10.9 Å². The first kappa shape index (κ1) is 14.7. The number of hydrogen-bond donors (Lipinski definition) is 1. The van der Waals surface area contributed by atoms with E-state index in [1.54, 1.807) is 13.3 Å². The molecule has 6 heteroatoms. The zero-order valence-corrected chi connectivity index (χ0v) is 12.9. The predicted octanol–water partition coefficient (Wildman–Crippen LogP) is 2.66. The quantitative estimate of drug-likeness (QED) is 0.881. The van der Waals surface area contributed by atoms with Crippen molar-refractivity contribution in [2.45, 2.75) is 19.4 Å². The van der Waals surface area contributed by atoms with Crippen LogP contribution in [0.1, 0.15) is 17.7 Å². The third kappa shape index (κ3) is 2.37. The van der Waals surface area contributed by atoms with Crippen LogP contribution in [-0.2, 0) is 17.8 Å². The van der Waals surface area contributed by atoms with E-state index in [-0.39, 0.29) is 6.42 Å². The highest BCUT2D eigenvalue weighted by atomic mass is 35.5. The lowest BCUT2D eigenvalue weighted by Crippen LogP contribution is -2.15. The Bertz CT molecular complexity index is 765. The molecule has 114 valence electrons. The molecule has 0 bridgehead atoms. The number of fused-ring (bicyclic) bond motifs is 1. The van der Waals surface area contributed by atoms with E-state index in [1.165, 1.54) is 0 Å². The first-order valence-corrected chi connectivity index (χ1v) is 7.36. The van der Waals surface area contributed by atoms with Gasteiger partial charge in [-0.1, -0.05) is 17.7 Å². The fourth-order valence-corrected chi connectivity index (χ4v) is 3.09. The van der Waals surface area contributed by atoms with Crippen molar-refractivity contribution in [2.75, 3.05) is 7.11 Å². The summed E-state index contributed by atoms with van der Waals surface area (Å²) in [7, 11) is 1.59. The van der Waals surface area contributed by atoms with Crippen molar-refractivity contribution in [1.82, 2.24) is 9.55 Å². The molecule has 0 saturated heterocycles. The van der Waals surface area contributed by atoms with Gasteiger partial charge in [-0.2, -0.15) is 0 Å². The average Bonchev–Trinajstić information content (AvgIpc) is 2.81. The molecular weight excluding hydrogens is 302 g/mol. The number of amides is 1. The van der Waals surface area contributed by atoms with Crippen molar-refractivity contribution >= 4 is 23.6 Å². The van der Waals surface area contributed by atoms with Crippen LogP contribution in [-0.4, -0.2) is 22.6 Å². The lowest BCUT2D eigenvalue weighted by molar-refractivity contribution is -0.117. The molecular formula is C16H16ClN3O2. The number of allylic oxidation sites excluding steroid dienone is 1. The van der Waals surface area contributed by atoms with E-state index in [0.29, 0.717) is 10.9 Å². The molecule has 0 aliphatic carbocycles. The minimum atomic E-state index is -0.394. The number of halogens is 1. The van der Waals surface area contributed by atoms with Crippen molar-refractivity contribution in [2.24, 2.45) is 5.73 Å². The number of primary amides is 1. The second kappa shape index (κ2) is 5.85. The second-order valence-corrected chi connectivity index (χ2v) is 5.43. The number of nitrogens with two attached hydrogens (primary N) is 1. The van der Waals surface area contributed by atoms with Gasteiger partial charge >= 0.3 is 0 Å². The van der Waals surface area contributed by atoms with Crippen molar-refractivity contribution in [1.29, 1.82) is 0 Å². The van der Waals surface area contributed by atoms with Crippen molar-refractivity contribution in [3.05, 3.63) is 40.8 Å². The van der Waals surface area contributed by atoms with Gasteiger partial charge in [0.05, 0.1) is 19.2 Å². The third-order valence-electron chi connectivity index (χ3n) is 3.72. The number of rotatable bonds is 4. The lowest BCUT2D eigenvalue weighted by Gasteiger charge is -2.15. The monoisotopic (exact) mass is 317 g/mol. The molecule has 1 aliphatic rings. The topological polar surface area (TPSA) is 70.1 Å². The van der Waals surface area contributed by atoms with Crippen LogP contribution < -0.4 is 10.5 Å². The highest BCUT2D eigenvalue weighted by Gasteiger charge is 2.26. The molecule has 0 unspecified atom stereocenters. The molecule has 0 saturated carbocycles. The summed E-state index contributed by atoms with van der Waals surface area (Å²) < 4.78 is 7.70.